The summed E-state index contributed by atoms with van der Waals surface area (Å²) in [4.78, 5) is 11.9. The summed E-state index contributed by atoms with van der Waals surface area (Å²) < 4.78 is 0. The topological polar surface area (TPSA) is 55.1 Å². The summed E-state index contributed by atoms with van der Waals surface area (Å²) in [5.74, 6) is 2.75. The molecule has 2 aliphatic rings. The second kappa shape index (κ2) is 8.77. The van der Waals surface area contributed by atoms with Crippen LogP contribution in [0.4, 0.5) is 0 Å². The van der Waals surface area contributed by atoms with Crippen LogP contribution < -0.4 is 11.1 Å². The largest absolute Gasteiger partial charge is 0.356 e. The molecule has 0 aromatic carbocycles. The summed E-state index contributed by atoms with van der Waals surface area (Å²) in [5, 5.41) is 3.13. The highest BCUT2D eigenvalue weighted by molar-refractivity contribution is 5.75. The SMILES string of the molecule is CC1CCC(CCNC(=O)CCC2CCC(N)CC2)CC1. The lowest BCUT2D eigenvalue weighted by molar-refractivity contribution is -0.121. The molecule has 0 aliphatic heterocycles. The molecule has 2 saturated carbocycles. The third-order valence-electron chi connectivity index (χ3n) is 5.68. The van der Waals surface area contributed by atoms with Crippen molar-refractivity contribution >= 4 is 5.91 Å². The first-order valence-electron chi connectivity index (χ1n) is 9.15. The molecule has 3 heteroatoms. The van der Waals surface area contributed by atoms with E-state index in [-0.39, 0.29) is 5.91 Å². The highest BCUT2D eigenvalue weighted by atomic mass is 16.1. The number of carbonyl (C=O) groups excluding carboxylic acids is 1. The Morgan fingerprint density at radius 2 is 1.52 bits per heavy atom. The van der Waals surface area contributed by atoms with Crippen molar-refractivity contribution < 1.29 is 4.79 Å². The minimum Gasteiger partial charge on any atom is -0.356 e. The lowest BCUT2D eigenvalue weighted by Crippen LogP contribution is -2.29. The lowest BCUT2D eigenvalue weighted by Gasteiger charge is -2.26. The maximum atomic E-state index is 11.9. The van der Waals surface area contributed by atoms with E-state index in [1.807, 2.05) is 0 Å². The summed E-state index contributed by atoms with van der Waals surface area (Å²) in [6, 6.07) is 0.410. The molecule has 2 fully saturated rings. The van der Waals surface area contributed by atoms with E-state index < -0.39 is 0 Å². The molecule has 0 heterocycles. The van der Waals surface area contributed by atoms with Crippen LogP contribution in [0.3, 0.4) is 0 Å². The van der Waals surface area contributed by atoms with Crippen LogP contribution >= 0.6 is 0 Å². The van der Waals surface area contributed by atoms with Crippen LogP contribution in [0.25, 0.3) is 0 Å². The number of amides is 1. The summed E-state index contributed by atoms with van der Waals surface area (Å²) in [6.45, 7) is 3.24. The average Bonchev–Trinajstić information content (AvgIpc) is 2.49. The van der Waals surface area contributed by atoms with Crippen molar-refractivity contribution in [2.45, 2.75) is 83.6 Å². The Morgan fingerprint density at radius 1 is 0.952 bits per heavy atom. The Hall–Kier alpha value is -0.570. The van der Waals surface area contributed by atoms with Crippen molar-refractivity contribution in [3.05, 3.63) is 0 Å². The van der Waals surface area contributed by atoms with Gasteiger partial charge in [-0.2, -0.15) is 0 Å². The fraction of sp³-hybridized carbons (Fsp3) is 0.944. The smallest absolute Gasteiger partial charge is 0.220 e. The van der Waals surface area contributed by atoms with Gasteiger partial charge >= 0.3 is 0 Å². The first-order chi connectivity index (χ1) is 10.1. The van der Waals surface area contributed by atoms with E-state index in [0.29, 0.717) is 12.5 Å². The molecule has 1 amide bonds. The molecule has 0 saturated heterocycles. The monoisotopic (exact) mass is 294 g/mol. The molecular weight excluding hydrogens is 260 g/mol. The number of nitrogens with two attached hydrogens (primary N) is 1. The predicted molar refractivity (Wildman–Crippen MR) is 87.9 cm³/mol. The van der Waals surface area contributed by atoms with Gasteiger partial charge < -0.3 is 11.1 Å². The van der Waals surface area contributed by atoms with Crippen LogP contribution in [-0.4, -0.2) is 18.5 Å². The van der Waals surface area contributed by atoms with E-state index in [2.05, 4.69) is 12.2 Å². The molecule has 3 nitrogen and oxygen atoms in total. The predicted octanol–water partition coefficient (Wildman–Crippen LogP) is 3.62. The first-order valence-corrected chi connectivity index (χ1v) is 9.15. The highest BCUT2D eigenvalue weighted by Crippen LogP contribution is 2.30. The second-order valence-corrected chi connectivity index (χ2v) is 7.58. The molecule has 0 atom stereocenters. The van der Waals surface area contributed by atoms with Gasteiger partial charge in [0, 0.05) is 19.0 Å². The third kappa shape index (κ3) is 6.37. The quantitative estimate of drug-likeness (QED) is 0.786. The van der Waals surface area contributed by atoms with Gasteiger partial charge in [-0.1, -0.05) is 32.6 Å². The van der Waals surface area contributed by atoms with Crippen molar-refractivity contribution in [3.8, 4) is 0 Å². The standard InChI is InChI=1S/C18H34N2O/c1-14-2-4-16(5-3-14)12-13-20-18(21)11-8-15-6-9-17(19)10-7-15/h14-17H,2-13,19H2,1H3,(H,20,21). The van der Waals surface area contributed by atoms with E-state index in [0.717, 1.165) is 43.6 Å². The third-order valence-corrected chi connectivity index (χ3v) is 5.68. The Labute approximate surface area is 130 Å². The second-order valence-electron chi connectivity index (χ2n) is 7.58. The molecule has 0 radical (unpaired) electrons. The fourth-order valence-corrected chi connectivity index (χ4v) is 3.93. The summed E-state index contributed by atoms with van der Waals surface area (Å²) in [6.07, 6.45) is 13.1. The van der Waals surface area contributed by atoms with Crippen LogP contribution in [0.15, 0.2) is 0 Å². The van der Waals surface area contributed by atoms with Gasteiger partial charge in [-0.15, -0.1) is 0 Å². The van der Waals surface area contributed by atoms with Gasteiger partial charge in [-0.25, -0.2) is 0 Å². The summed E-state index contributed by atoms with van der Waals surface area (Å²) in [7, 11) is 0. The maximum Gasteiger partial charge on any atom is 0.220 e. The Morgan fingerprint density at radius 3 is 2.19 bits per heavy atom. The normalized spacial score (nSPS) is 33.6. The van der Waals surface area contributed by atoms with Gasteiger partial charge in [-0.3, -0.25) is 4.79 Å². The van der Waals surface area contributed by atoms with Crippen molar-refractivity contribution in [2.75, 3.05) is 6.54 Å². The first kappa shape index (κ1) is 16.8. The van der Waals surface area contributed by atoms with E-state index in [4.69, 9.17) is 5.73 Å². The van der Waals surface area contributed by atoms with Crippen LogP contribution in [0.2, 0.25) is 0 Å². The van der Waals surface area contributed by atoms with Crippen molar-refractivity contribution in [3.63, 3.8) is 0 Å². The van der Waals surface area contributed by atoms with Gasteiger partial charge in [0.2, 0.25) is 5.91 Å². The Kier molecular flexibility index (Phi) is 7.01. The van der Waals surface area contributed by atoms with Crippen LogP contribution in [-0.2, 0) is 4.79 Å². The number of hydrogen-bond acceptors (Lipinski definition) is 2. The van der Waals surface area contributed by atoms with Crippen LogP contribution in [0, 0.1) is 17.8 Å². The van der Waals surface area contributed by atoms with E-state index in [1.165, 1.54) is 44.9 Å². The lowest BCUT2D eigenvalue weighted by atomic mass is 9.81. The van der Waals surface area contributed by atoms with Gasteiger partial charge in [0.05, 0.1) is 0 Å². The molecule has 0 unspecified atom stereocenters. The Balaban J connectivity index is 1.49. The molecule has 122 valence electrons. The molecular formula is C18H34N2O. The number of hydrogen-bond donors (Lipinski definition) is 2. The van der Waals surface area contributed by atoms with Gasteiger partial charge in [-0.05, 0) is 56.3 Å². The van der Waals surface area contributed by atoms with Gasteiger partial charge in [0.1, 0.15) is 0 Å². The molecule has 21 heavy (non-hydrogen) atoms. The maximum absolute atomic E-state index is 11.9. The molecule has 2 rings (SSSR count). The Bertz CT molecular complexity index is 302. The molecule has 3 N–H and O–H groups in total. The van der Waals surface area contributed by atoms with Gasteiger partial charge in [0.25, 0.3) is 0 Å². The minimum atomic E-state index is 0.258. The van der Waals surface area contributed by atoms with E-state index in [9.17, 15) is 4.79 Å². The molecule has 0 bridgehead atoms. The van der Waals surface area contributed by atoms with E-state index in [1.54, 1.807) is 0 Å². The summed E-state index contributed by atoms with van der Waals surface area (Å²) >= 11 is 0. The van der Waals surface area contributed by atoms with Gasteiger partial charge in [0.15, 0.2) is 0 Å². The number of nitrogens with one attached hydrogen (secondary N) is 1. The molecule has 0 aromatic rings. The van der Waals surface area contributed by atoms with Crippen molar-refractivity contribution in [1.29, 1.82) is 0 Å². The van der Waals surface area contributed by atoms with Crippen molar-refractivity contribution in [1.82, 2.24) is 5.32 Å². The fourth-order valence-electron chi connectivity index (χ4n) is 3.93. The zero-order chi connectivity index (χ0) is 15.1. The number of carbonyl (C=O) groups is 1. The minimum absolute atomic E-state index is 0.258. The summed E-state index contributed by atoms with van der Waals surface area (Å²) in [5.41, 5.74) is 5.92. The zero-order valence-corrected chi connectivity index (χ0v) is 13.8. The molecule has 0 aromatic heterocycles. The average molecular weight is 294 g/mol. The van der Waals surface area contributed by atoms with Crippen LogP contribution in [0.5, 0.6) is 0 Å². The van der Waals surface area contributed by atoms with Crippen molar-refractivity contribution in [2.24, 2.45) is 23.5 Å². The number of rotatable bonds is 6. The van der Waals surface area contributed by atoms with Crippen LogP contribution in [0.1, 0.15) is 77.6 Å². The van der Waals surface area contributed by atoms with E-state index >= 15 is 0 Å². The molecule has 0 spiro atoms. The highest BCUT2D eigenvalue weighted by Gasteiger charge is 2.20. The zero-order valence-electron chi connectivity index (χ0n) is 13.8. The molecule has 2 aliphatic carbocycles.